The Labute approximate surface area is 116 Å². The molecule has 1 aromatic rings. The zero-order valence-electron chi connectivity index (χ0n) is 10.9. The van der Waals surface area contributed by atoms with Crippen molar-refractivity contribution in [3.05, 3.63) is 16.6 Å². The van der Waals surface area contributed by atoms with Gasteiger partial charge in [-0.25, -0.2) is 9.78 Å². The number of hydrogen-bond acceptors (Lipinski definition) is 4. The number of carbonyl (C=O) groups is 2. The molecule has 7 heteroatoms. The summed E-state index contributed by atoms with van der Waals surface area (Å²) in [4.78, 5) is 26.1. The second-order valence-electron chi connectivity index (χ2n) is 4.08. The summed E-state index contributed by atoms with van der Waals surface area (Å²) in [6.07, 6.45) is 3.86. The standard InChI is InChI=1S/C12H19N3O3S/c1-2-9(11-13-7-8-19-11)15-12(18)14-6-4-3-5-10(16)17/h7-9H,2-6H2,1H3,(H,16,17)(H2,14,15,18). The predicted molar refractivity (Wildman–Crippen MR) is 73.2 cm³/mol. The minimum atomic E-state index is -0.806. The van der Waals surface area contributed by atoms with Crippen LogP contribution in [0.4, 0.5) is 4.79 Å². The molecule has 0 radical (unpaired) electrons. The van der Waals surface area contributed by atoms with Gasteiger partial charge in [0.1, 0.15) is 5.01 Å². The van der Waals surface area contributed by atoms with Crippen molar-refractivity contribution in [2.75, 3.05) is 6.54 Å². The summed E-state index contributed by atoms with van der Waals surface area (Å²) >= 11 is 1.51. The number of aliphatic carboxylic acids is 1. The smallest absolute Gasteiger partial charge is 0.315 e. The lowest BCUT2D eigenvalue weighted by Gasteiger charge is -2.15. The first-order valence-corrected chi connectivity index (χ1v) is 7.17. The number of nitrogens with one attached hydrogen (secondary N) is 2. The highest BCUT2D eigenvalue weighted by molar-refractivity contribution is 7.09. The Balaban J connectivity index is 2.21. The Morgan fingerprint density at radius 3 is 2.84 bits per heavy atom. The molecule has 6 nitrogen and oxygen atoms in total. The number of carboxylic acid groups (broad SMARTS) is 1. The van der Waals surface area contributed by atoms with E-state index < -0.39 is 5.97 Å². The van der Waals surface area contributed by atoms with E-state index in [0.717, 1.165) is 11.4 Å². The fourth-order valence-corrected chi connectivity index (χ4v) is 2.33. The number of amides is 2. The lowest BCUT2D eigenvalue weighted by molar-refractivity contribution is -0.137. The highest BCUT2D eigenvalue weighted by Crippen LogP contribution is 2.18. The summed E-state index contributed by atoms with van der Waals surface area (Å²) in [6, 6.07) is -0.309. The van der Waals surface area contributed by atoms with E-state index in [2.05, 4.69) is 15.6 Å². The molecule has 1 unspecified atom stereocenters. The van der Waals surface area contributed by atoms with E-state index >= 15 is 0 Å². The maximum Gasteiger partial charge on any atom is 0.315 e. The van der Waals surface area contributed by atoms with Crippen molar-refractivity contribution in [1.29, 1.82) is 0 Å². The van der Waals surface area contributed by atoms with Gasteiger partial charge in [0.2, 0.25) is 0 Å². The van der Waals surface area contributed by atoms with Crippen LogP contribution in [0.2, 0.25) is 0 Å². The lowest BCUT2D eigenvalue weighted by Crippen LogP contribution is -2.38. The molecule has 0 bridgehead atoms. The van der Waals surface area contributed by atoms with Gasteiger partial charge in [-0.3, -0.25) is 4.79 Å². The molecule has 1 atom stereocenters. The van der Waals surface area contributed by atoms with Gasteiger partial charge in [-0.05, 0) is 19.3 Å². The summed E-state index contributed by atoms with van der Waals surface area (Å²) in [5.74, 6) is -0.806. The van der Waals surface area contributed by atoms with E-state index in [1.807, 2.05) is 12.3 Å². The van der Waals surface area contributed by atoms with Crippen LogP contribution in [-0.4, -0.2) is 28.6 Å². The van der Waals surface area contributed by atoms with Crippen molar-refractivity contribution < 1.29 is 14.7 Å². The molecule has 0 spiro atoms. The third-order valence-electron chi connectivity index (χ3n) is 2.57. The lowest BCUT2D eigenvalue weighted by atomic mass is 10.2. The molecule has 1 heterocycles. The number of carboxylic acids is 1. The molecule has 1 aromatic heterocycles. The minimum absolute atomic E-state index is 0.0704. The van der Waals surface area contributed by atoms with Crippen molar-refractivity contribution in [2.45, 2.75) is 38.6 Å². The van der Waals surface area contributed by atoms with Gasteiger partial charge in [0.25, 0.3) is 0 Å². The molecule has 106 valence electrons. The zero-order chi connectivity index (χ0) is 14.1. The average Bonchev–Trinajstić information content (AvgIpc) is 2.88. The molecule has 0 fully saturated rings. The number of urea groups is 1. The Bertz CT molecular complexity index is 395. The van der Waals surface area contributed by atoms with Crippen LogP contribution in [0.1, 0.15) is 43.7 Å². The van der Waals surface area contributed by atoms with Crippen LogP contribution in [0, 0.1) is 0 Å². The summed E-state index contributed by atoms with van der Waals surface area (Å²) < 4.78 is 0. The molecule has 19 heavy (non-hydrogen) atoms. The maximum absolute atomic E-state index is 11.6. The van der Waals surface area contributed by atoms with E-state index in [-0.39, 0.29) is 18.5 Å². The van der Waals surface area contributed by atoms with Crippen molar-refractivity contribution in [3.63, 3.8) is 0 Å². The third-order valence-corrected chi connectivity index (χ3v) is 3.46. The molecule has 0 aliphatic rings. The van der Waals surface area contributed by atoms with Gasteiger partial charge < -0.3 is 15.7 Å². The number of aromatic nitrogens is 1. The molecule has 0 saturated carbocycles. The summed E-state index contributed by atoms with van der Waals surface area (Å²) in [5.41, 5.74) is 0. The van der Waals surface area contributed by atoms with Crippen molar-refractivity contribution in [1.82, 2.24) is 15.6 Å². The normalized spacial score (nSPS) is 11.8. The van der Waals surface area contributed by atoms with Crippen LogP contribution in [-0.2, 0) is 4.79 Å². The van der Waals surface area contributed by atoms with Crippen LogP contribution in [0.5, 0.6) is 0 Å². The first kappa shape index (κ1) is 15.4. The monoisotopic (exact) mass is 285 g/mol. The number of thiazole rings is 1. The van der Waals surface area contributed by atoms with Crippen molar-refractivity contribution in [2.24, 2.45) is 0 Å². The van der Waals surface area contributed by atoms with E-state index in [9.17, 15) is 9.59 Å². The Kier molecular flexibility index (Phi) is 6.88. The second kappa shape index (κ2) is 8.47. The Morgan fingerprint density at radius 2 is 2.26 bits per heavy atom. The third kappa shape index (κ3) is 6.19. The number of rotatable bonds is 8. The van der Waals surface area contributed by atoms with Gasteiger partial charge in [0, 0.05) is 24.5 Å². The molecule has 0 aliphatic carbocycles. The predicted octanol–water partition coefficient (Wildman–Crippen LogP) is 2.15. The molecule has 0 saturated heterocycles. The van der Waals surface area contributed by atoms with Crippen LogP contribution in [0.15, 0.2) is 11.6 Å². The first-order valence-electron chi connectivity index (χ1n) is 6.29. The Hall–Kier alpha value is -1.63. The molecule has 1 rings (SSSR count). The summed E-state index contributed by atoms with van der Waals surface area (Å²) in [6.45, 7) is 2.46. The summed E-state index contributed by atoms with van der Waals surface area (Å²) in [5, 5.41) is 16.8. The minimum Gasteiger partial charge on any atom is -0.481 e. The van der Waals surface area contributed by atoms with Crippen LogP contribution >= 0.6 is 11.3 Å². The van der Waals surface area contributed by atoms with E-state index in [1.54, 1.807) is 6.20 Å². The van der Waals surface area contributed by atoms with Crippen LogP contribution < -0.4 is 10.6 Å². The zero-order valence-corrected chi connectivity index (χ0v) is 11.7. The van der Waals surface area contributed by atoms with Gasteiger partial charge in [-0.2, -0.15) is 0 Å². The summed E-state index contributed by atoms with van der Waals surface area (Å²) in [7, 11) is 0. The van der Waals surface area contributed by atoms with Gasteiger partial charge in [-0.1, -0.05) is 6.92 Å². The number of unbranched alkanes of at least 4 members (excludes halogenated alkanes) is 1. The largest absolute Gasteiger partial charge is 0.481 e. The average molecular weight is 285 g/mol. The second-order valence-corrected chi connectivity index (χ2v) is 5.01. The van der Waals surface area contributed by atoms with Gasteiger partial charge in [-0.15, -0.1) is 11.3 Å². The van der Waals surface area contributed by atoms with Gasteiger partial charge >= 0.3 is 12.0 Å². The van der Waals surface area contributed by atoms with Crippen molar-refractivity contribution in [3.8, 4) is 0 Å². The van der Waals surface area contributed by atoms with Crippen LogP contribution in [0.25, 0.3) is 0 Å². The van der Waals surface area contributed by atoms with E-state index in [1.165, 1.54) is 11.3 Å². The van der Waals surface area contributed by atoms with Gasteiger partial charge in [0.05, 0.1) is 6.04 Å². The Morgan fingerprint density at radius 1 is 1.47 bits per heavy atom. The topological polar surface area (TPSA) is 91.3 Å². The number of hydrogen-bond donors (Lipinski definition) is 3. The molecule has 2 amide bonds. The molecular weight excluding hydrogens is 266 g/mol. The quantitative estimate of drug-likeness (QED) is 0.638. The molecule has 0 aromatic carbocycles. The number of nitrogens with zero attached hydrogens (tertiary/aromatic N) is 1. The van der Waals surface area contributed by atoms with E-state index in [4.69, 9.17) is 5.11 Å². The molecule has 3 N–H and O–H groups in total. The molecular formula is C12H19N3O3S. The van der Waals surface area contributed by atoms with Gasteiger partial charge in [0.15, 0.2) is 0 Å². The fraction of sp³-hybridized carbons (Fsp3) is 0.583. The molecule has 0 aliphatic heterocycles. The maximum atomic E-state index is 11.6. The van der Waals surface area contributed by atoms with Crippen molar-refractivity contribution >= 4 is 23.3 Å². The highest BCUT2D eigenvalue weighted by Gasteiger charge is 2.14. The SMILES string of the molecule is CCC(NC(=O)NCCCCC(=O)O)c1nccs1. The van der Waals surface area contributed by atoms with Crippen LogP contribution in [0.3, 0.4) is 0 Å². The number of carbonyl (C=O) groups excluding carboxylic acids is 1. The van der Waals surface area contributed by atoms with E-state index in [0.29, 0.717) is 19.4 Å². The first-order chi connectivity index (χ1) is 9.13. The highest BCUT2D eigenvalue weighted by atomic mass is 32.1. The fourth-order valence-electron chi connectivity index (χ4n) is 1.56.